The minimum Gasteiger partial charge on any atom is -0.370 e. The summed E-state index contributed by atoms with van der Waals surface area (Å²) in [4.78, 5) is 55.6. The number of nitrogens with one attached hydrogen (secondary N) is 1. The van der Waals surface area contributed by atoms with Crippen LogP contribution in [-0.4, -0.2) is 78.7 Å². The lowest BCUT2D eigenvalue weighted by Crippen LogP contribution is -2.54. The Hall–Kier alpha value is -2.78. The number of imide groups is 2. The Balaban J connectivity index is 1.58. The minimum atomic E-state index is -0.946. The quantitative estimate of drug-likeness (QED) is 0.650. The van der Waals surface area contributed by atoms with Gasteiger partial charge in [0.1, 0.15) is 6.04 Å². The van der Waals surface area contributed by atoms with Gasteiger partial charge in [0.25, 0.3) is 11.8 Å². The van der Waals surface area contributed by atoms with Crippen LogP contribution in [0.2, 0.25) is 0 Å². The lowest BCUT2D eigenvalue weighted by molar-refractivity contribution is -0.136. The number of fused-ring (bicyclic) bond motifs is 1. The van der Waals surface area contributed by atoms with Gasteiger partial charge in [-0.05, 0) is 51.0 Å². The van der Waals surface area contributed by atoms with E-state index in [1.165, 1.54) is 0 Å². The molecule has 3 heterocycles. The summed E-state index contributed by atoms with van der Waals surface area (Å²) in [7, 11) is 0. The van der Waals surface area contributed by atoms with Gasteiger partial charge in [-0.2, -0.15) is 0 Å². The van der Waals surface area contributed by atoms with Gasteiger partial charge in [0, 0.05) is 26.1 Å². The molecule has 0 radical (unpaired) electrons. The summed E-state index contributed by atoms with van der Waals surface area (Å²) < 4.78 is 0. The van der Waals surface area contributed by atoms with E-state index >= 15 is 0 Å². The maximum Gasteiger partial charge on any atom is 0.264 e. The molecule has 0 bridgehead atoms. The molecule has 3 aliphatic heterocycles. The molecule has 3 N–H and O–H groups in total. The van der Waals surface area contributed by atoms with Gasteiger partial charge in [0.05, 0.1) is 16.8 Å². The molecule has 4 amide bonds. The molecule has 1 aromatic carbocycles. The largest absolute Gasteiger partial charge is 0.370 e. The van der Waals surface area contributed by atoms with E-state index in [2.05, 4.69) is 15.1 Å². The summed E-state index contributed by atoms with van der Waals surface area (Å²) in [6.45, 7) is 5.00. The van der Waals surface area contributed by atoms with Crippen molar-refractivity contribution < 1.29 is 19.2 Å². The maximum atomic E-state index is 13.3. The third-order valence-corrected chi connectivity index (χ3v) is 6.05. The molecule has 2 saturated heterocycles. The van der Waals surface area contributed by atoms with E-state index in [1.54, 1.807) is 12.1 Å². The fourth-order valence-electron chi connectivity index (χ4n) is 4.51. The third-order valence-electron chi connectivity index (χ3n) is 6.05. The van der Waals surface area contributed by atoms with E-state index < -0.39 is 23.8 Å². The van der Waals surface area contributed by atoms with E-state index in [0.717, 1.165) is 56.2 Å². The maximum absolute atomic E-state index is 13.3. The Morgan fingerprint density at radius 1 is 1.03 bits per heavy atom. The van der Waals surface area contributed by atoms with E-state index in [4.69, 9.17) is 5.73 Å². The molecule has 0 saturated carbocycles. The van der Waals surface area contributed by atoms with Crippen LogP contribution in [0.5, 0.6) is 0 Å². The normalized spacial score (nSPS) is 22.9. The van der Waals surface area contributed by atoms with Gasteiger partial charge < -0.3 is 15.5 Å². The van der Waals surface area contributed by atoms with Crippen molar-refractivity contribution in [3.63, 3.8) is 0 Å². The number of nitrogens with two attached hydrogens (primary N) is 1. The monoisotopic (exact) mass is 413 g/mol. The first kappa shape index (κ1) is 20.5. The molecule has 30 heavy (non-hydrogen) atoms. The lowest BCUT2D eigenvalue weighted by Gasteiger charge is -2.28. The molecule has 9 nitrogen and oxygen atoms in total. The number of anilines is 1. The van der Waals surface area contributed by atoms with Gasteiger partial charge in [0.2, 0.25) is 11.8 Å². The van der Waals surface area contributed by atoms with E-state index in [9.17, 15) is 19.2 Å². The molecular weight excluding hydrogens is 386 g/mol. The molecule has 2 fully saturated rings. The van der Waals surface area contributed by atoms with Gasteiger partial charge in [-0.1, -0.05) is 6.07 Å². The van der Waals surface area contributed by atoms with Crippen molar-refractivity contribution in [2.24, 2.45) is 5.73 Å². The summed E-state index contributed by atoms with van der Waals surface area (Å²) in [5.74, 6) is -1.89. The molecule has 160 valence electrons. The first-order valence-electron chi connectivity index (χ1n) is 10.5. The highest BCUT2D eigenvalue weighted by atomic mass is 16.2. The van der Waals surface area contributed by atoms with E-state index in [-0.39, 0.29) is 18.7 Å². The highest BCUT2D eigenvalue weighted by Crippen LogP contribution is 2.34. The molecule has 1 unspecified atom stereocenters. The number of hydrogen-bond donors (Lipinski definition) is 2. The van der Waals surface area contributed by atoms with Crippen molar-refractivity contribution in [2.45, 2.75) is 31.7 Å². The van der Waals surface area contributed by atoms with Crippen molar-refractivity contribution in [3.8, 4) is 0 Å². The smallest absolute Gasteiger partial charge is 0.264 e. The number of amides is 4. The minimum absolute atomic E-state index is 0.113. The second-order valence-corrected chi connectivity index (χ2v) is 7.97. The summed E-state index contributed by atoms with van der Waals surface area (Å²) >= 11 is 0. The number of hydrogen-bond acceptors (Lipinski definition) is 7. The van der Waals surface area contributed by atoms with Crippen LogP contribution in [0.15, 0.2) is 18.2 Å². The Morgan fingerprint density at radius 3 is 2.63 bits per heavy atom. The zero-order valence-electron chi connectivity index (χ0n) is 16.9. The molecule has 3 aliphatic rings. The molecule has 0 aliphatic carbocycles. The number of rotatable bonds is 5. The van der Waals surface area contributed by atoms with E-state index in [0.29, 0.717) is 17.7 Å². The second-order valence-electron chi connectivity index (χ2n) is 7.97. The van der Waals surface area contributed by atoms with Crippen LogP contribution in [0, 0.1) is 0 Å². The summed E-state index contributed by atoms with van der Waals surface area (Å²) in [5.41, 5.74) is 7.05. The predicted octanol–water partition coefficient (Wildman–Crippen LogP) is -0.0513. The Bertz CT molecular complexity index is 886. The highest BCUT2D eigenvalue weighted by molar-refractivity contribution is 6.25. The van der Waals surface area contributed by atoms with Crippen LogP contribution < -0.4 is 16.0 Å². The average molecular weight is 413 g/mol. The standard InChI is InChI=1S/C21H27N5O4/c22-8-2-9-24-10-3-11-25(13-12-24)15-5-1-4-14-18(15)21(30)26(20(14)29)16-6-7-17(27)23-19(16)28/h1,4-5,16H,2-3,6-13,22H2,(H,23,27,28). The second kappa shape index (κ2) is 8.53. The zero-order chi connectivity index (χ0) is 21.3. The molecule has 4 rings (SSSR count). The van der Waals surface area contributed by atoms with Crippen LogP contribution in [0.3, 0.4) is 0 Å². The SMILES string of the molecule is NCCCN1CCCN(c2cccc3c2C(=O)N(C2CCC(=O)NC2=O)C3=O)CC1. The molecule has 0 spiro atoms. The van der Waals surface area contributed by atoms with Crippen LogP contribution in [0.25, 0.3) is 0 Å². The summed E-state index contributed by atoms with van der Waals surface area (Å²) in [6, 6.07) is 4.34. The number of benzene rings is 1. The number of piperidine rings is 1. The Morgan fingerprint density at radius 2 is 1.87 bits per heavy atom. The van der Waals surface area contributed by atoms with Crippen LogP contribution in [-0.2, 0) is 9.59 Å². The number of carbonyl (C=O) groups excluding carboxylic acids is 4. The first-order valence-corrected chi connectivity index (χ1v) is 10.5. The van der Waals surface area contributed by atoms with Gasteiger partial charge in [0.15, 0.2) is 0 Å². The van der Waals surface area contributed by atoms with Gasteiger partial charge >= 0.3 is 0 Å². The van der Waals surface area contributed by atoms with Gasteiger partial charge in [-0.3, -0.25) is 29.4 Å². The van der Waals surface area contributed by atoms with Crippen molar-refractivity contribution in [1.29, 1.82) is 0 Å². The number of carbonyl (C=O) groups is 4. The number of nitrogens with zero attached hydrogens (tertiary/aromatic N) is 3. The van der Waals surface area contributed by atoms with Crippen molar-refractivity contribution in [2.75, 3.05) is 44.2 Å². The highest BCUT2D eigenvalue weighted by Gasteiger charge is 2.46. The topological polar surface area (TPSA) is 116 Å². The Labute approximate surface area is 175 Å². The summed E-state index contributed by atoms with van der Waals surface area (Å²) in [6.07, 6.45) is 2.18. The van der Waals surface area contributed by atoms with Crippen LogP contribution in [0.1, 0.15) is 46.4 Å². The fourth-order valence-corrected chi connectivity index (χ4v) is 4.51. The van der Waals surface area contributed by atoms with Crippen molar-refractivity contribution >= 4 is 29.3 Å². The van der Waals surface area contributed by atoms with Crippen LogP contribution in [0.4, 0.5) is 5.69 Å². The van der Waals surface area contributed by atoms with E-state index in [1.807, 2.05) is 6.07 Å². The Kier molecular flexibility index (Phi) is 5.83. The first-order chi connectivity index (χ1) is 14.5. The molecular formula is C21H27N5O4. The average Bonchev–Trinajstić information content (AvgIpc) is 2.89. The third kappa shape index (κ3) is 3.70. The molecule has 0 aromatic heterocycles. The lowest BCUT2D eigenvalue weighted by atomic mass is 10.0. The molecule has 1 atom stereocenters. The van der Waals surface area contributed by atoms with Gasteiger partial charge in [-0.15, -0.1) is 0 Å². The summed E-state index contributed by atoms with van der Waals surface area (Å²) in [5, 5.41) is 2.23. The molecule has 1 aromatic rings. The fraction of sp³-hybridized carbons (Fsp3) is 0.524. The predicted molar refractivity (Wildman–Crippen MR) is 110 cm³/mol. The van der Waals surface area contributed by atoms with Gasteiger partial charge in [-0.25, -0.2) is 0 Å². The van der Waals surface area contributed by atoms with Crippen molar-refractivity contribution in [3.05, 3.63) is 29.3 Å². The van der Waals surface area contributed by atoms with Crippen molar-refractivity contribution in [1.82, 2.24) is 15.1 Å². The van der Waals surface area contributed by atoms with Crippen LogP contribution >= 0.6 is 0 Å². The molecule has 9 heteroatoms. The zero-order valence-corrected chi connectivity index (χ0v) is 16.9.